The largest absolute Gasteiger partial charge is 0.503 e. The van der Waals surface area contributed by atoms with E-state index in [2.05, 4.69) is 20.9 Å². The SMILES string of the molecule is COc1ccc(OC)c(C2C(C(=O)c3ccc(Br)cc3)=C(O)C(=O)N2CCCn2ccnc2)c1. The average Bonchev–Trinajstić information content (AvgIpc) is 3.46. The van der Waals surface area contributed by atoms with E-state index in [4.69, 9.17) is 9.47 Å². The highest BCUT2D eigenvalue weighted by Gasteiger charge is 2.44. The topological polar surface area (TPSA) is 93.9 Å². The summed E-state index contributed by atoms with van der Waals surface area (Å²) in [6, 6.07) is 11.1. The first kappa shape index (κ1) is 23.6. The van der Waals surface area contributed by atoms with Gasteiger partial charge in [-0.1, -0.05) is 15.9 Å². The van der Waals surface area contributed by atoms with Gasteiger partial charge in [0.25, 0.3) is 5.91 Å². The van der Waals surface area contributed by atoms with Crippen molar-refractivity contribution in [2.45, 2.75) is 19.0 Å². The normalized spacial score (nSPS) is 15.7. The number of nitrogens with zero attached hydrogens (tertiary/aromatic N) is 3. The third kappa shape index (κ3) is 4.56. The number of aryl methyl sites for hydroxylation is 1. The summed E-state index contributed by atoms with van der Waals surface area (Å²) >= 11 is 3.37. The van der Waals surface area contributed by atoms with Crippen molar-refractivity contribution in [1.82, 2.24) is 14.5 Å². The number of hydrogen-bond donors (Lipinski definition) is 1. The highest BCUT2D eigenvalue weighted by atomic mass is 79.9. The molecule has 9 heteroatoms. The molecule has 0 fully saturated rings. The summed E-state index contributed by atoms with van der Waals surface area (Å²) in [6.45, 7) is 0.936. The van der Waals surface area contributed by atoms with Crippen molar-refractivity contribution in [2.24, 2.45) is 0 Å². The molecule has 0 saturated heterocycles. The van der Waals surface area contributed by atoms with Crippen molar-refractivity contribution in [3.05, 3.63) is 88.1 Å². The Labute approximate surface area is 205 Å². The molecule has 0 radical (unpaired) electrons. The fourth-order valence-electron chi connectivity index (χ4n) is 4.09. The lowest BCUT2D eigenvalue weighted by atomic mass is 9.92. The molecule has 0 spiro atoms. The zero-order valence-electron chi connectivity index (χ0n) is 18.8. The Morgan fingerprint density at radius 3 is 2.53 bits per heavy atom. The molecule has 34 heavy (non-hydrogen) atoms. The Morgan fingerprint density at radius 2 is 1.88 bits per heavy atom. The molecule has 0 aliphatic carbocycles. The summed E-state index contributed by atoms with van der Waals surface area (Å²) in [4.78, 5) is 32.3. The molecule has 2 aromatic carbocycles. The van der Waals surface area contributed by atoms with Crippen LogP contribution in [-0.4, -0.2) is 52.0 Å². The molecular formula is C25H24BrN3O5. The van der Waals surface area contributed by atoms with Gasteiger partial charge in [-0.05, 0) is 48.9 Å². The van der Waals surface area contributed by atoms with Gasteiger partial charge in [-0.3, -0.25) is 9.59 Å². The van der Waals surface area contributed by atoms with Crippen LogP contribution in [0.15, 0.2) is 77.0 Å². The summed E-state index contributed by atoms with van der Waals surface area (Å²) in [5.41, 5.74) is 0.938. The van der Waals surface area contributed by atoms with Crippen LogP contribution in [0, 0.1) is 0 Å². The van der Waals surface area contributed by atoms with Crippen LogP contribution in [0.25, 0.3) is 0 Å². The van der Waals surface area contributed by atoms with Crippen molar-refractivity contribution in [1.29, 1.82) is 0 Å². The van der Waals surface area contributed by atoms with Crippen molar-refractivity contribution in [3.63, 3.8) is 0 Å². The maximum Gasteiger partial charge on any atom is 0.290 e. The molecule has 1 aromatic heterocycles. The monoisotopic (exact) mass is 525 g/mol. The number of carbonyl (C=O) groups is 2. The van der Waals surface area contributed by atoms with Crippen molar-refractivity contribution in [2.75, 3.05) is 20.8 Å². The molecule has 2 heterocycles. The zero-order chi connectivity index (χ0) is 24.2. The Balaban J connectivity index is 1.76. The molecule has 1 aliphatic rings. The molecule has 3 aromatic rings. The van der Waals surface area contributed by atoms with E-state index in [9.17, 15) is 14.7 Å². The Morgan fingerprint density at radius 1 is 1.12 bits per heavy atom. The van der Waals surface area contributed by atoms with Gasteiger partial charge in [0, 0.05) is 41.1 Å². The number of imidazole rings is 1. The third-order valence-electron chi connectivity index (χ3n) is 5.76. The smallest absolute Gasteiger partial charge is 0.290 e. The summed E-state index contributed by atoms with van der Waals surface area (Å²) in [6.07, 6.45) is 5.82. The average molecular weight is 526 g/mol. The maximum absolute atomic E-state index is 13.6. The lowest BCUT2D eigenvalue weighted by Gasteiger charge is -2.28. The molecule has 0 saturated carbocycles. The van der Waals surface area contributed by atoms with Gasteiger partial charge >= 0.3 is 0 Å². The standard InChI is InChI=1S/C25H24BrN3O5/c1-33-18-8-9-20(34-2)19(14-18)22-21(23(30)16-4-6-17(26)7-5-16)24(31)25(32)29(22)12-3-11-28-13-10-27-15-28/h4-10,13-15,22,31H,3,11-12H2,1-2H3. The predicted molar refractivity (Wildman–Crippen MR) is 129 cm³/mol. The van der Waals surface area contributed by atoms with Gasteiger partial charge in [0.15, 0.2) is 11.5 Å². The molecule has 1 aliphatic heterocycles. The van der Waals surface area contributed by atoms with Crippen LogP contribution in [-0.2, 0) is 11.3 Å². The minimum atomic E-state index is -0.837. The molecule has 176 valence electrons. The Hall–Kier alpha value is -3.59. The first-order chi connectivity index (χ1) is 16.4. The molecule has 4 rings (SSSR count). The van der Waals surface area contributed by atoms with E-state index >= 15 is 0 Å². The van der Waals surface area contributed by atoms with Gasteiger partial charge < -0.3 is 24.0 Å². The molecule has 1 atom stereocenters. The summed E-state index contributed by atoms with van der Waals surface area (Å²) in [5, 5.41) is 10.9. The number of ketones is 1. The fraction of sp³-hybridized carbons (Fsp3) is 0.240. The molecule has 1 unspecified atom stereocenters. The number of amides is 1. The third-order valence-corrected chi connectivity index (χ3v) is 6.29. The number of halogens is 1. The number of aliphatic hydroxyl groups excluding tert-OH is 1. The number of hydrogen-bond acceptors (Lipinski definition) is 6. The summed E-state index contributed by atoms with van der Waals surface area (Å²) < 4.78 is 13.7. The van der Waals surface area contributed by atoms with Gasteiger partial charge in [-0.15, -0.1) is 0 Å². The number of benzene rings is 2. The predicted octanol–water partition coefficient (Wildman–Crippen LogP) is 4.33. The first-order valence-electron chi connectivity index (χ1n) is 10.7. The number of methoxy groups -OCH3 is 2. The van der Waals surface area contributed by atoms with Gasteiger partial charge in [0.05, 0.1) is 32.2 Å². The van der Waals surface area contributed by atoms with E-state index in [0.717, 1.165) is 4.47 Å². The van der Waals surface area contributed by atoms with Crippen LogP contribution in [0.5, 0.6) is 11.5 Å². The fourth-order valence-corrected chi connectivity index (χ4v) is 4.36. The van der Waals surface area contributed by atoms with Crippen molar-refractivity contribution >= 4 is 27.6 Å². The first-order valence-corrected chi connectivity index (χ1v) is 11.5. The number of ether oxygens (including phenoxy) is 2. The van der Waals surface area contributed by atoms with E-state index in [1.54, 1.807) is 55.0 Å². The Kier molecular flexibility index (Phi) is 7.02. The van der Waals surface area contributed by atoms with Crippen LogP contribution in [0.3, 0.4) is 0 Å². The second-order valence-corrected chi connectivity index (χ2v) is 8.68. The minimum Gasteiger partial charge on any atom is -0.503 e. The molecule has 8 nitrogen and oxygen atoms in total. The number of carbonyl (C=O) groups excluding carboxylic acids is 2. The minimum absolute atomic E-state index is 0.0153. The van der Waals surface area contributed by atoms with Crippen molar-refractivity contribution < 1.29 is 24.2 Å². The number of rotatable bonds is 9. The van der Waals surface area contributed by atoms with E-state index < -0.39 is 23.5 Å². The lowest BCUT2D eigenvalue weighted by Crippen LogP contribution is -2.32. The zero-order valence-corrected chi connectivity index (χ0v) is 20.4. The van der Waals surface area contributed by atoms with E-state index in [1.165, 1.54) is 19.1 Å². The molecule has 1 amide bonds. The van der Waals surface area contributed by atoms with E-state index in [1.807, 2.05) is 10.8 Å². The number of aromatic nitrogens is 2. The van der Waals surface area contributed by atoms with Crippen LogP contribution in [0.4, 0.5) is 0 Å². The van der Waals surface area contributed by atoms with Gasteiger partial charge in [0.1, 0.15) is 11.5 Å². The molecular weight excluding hydrogens is 502 g/mol. The second kappa shape index (κ2) is 10.1. The van der Waals surface area contributed by atoms with Gasteiger partial charge in [-0.25, -0.2) is 4.98 Å². The van der Waals surface area contributed by atoms with Gasteiger partial charge in [0.2, 0.25) is 0 Å². The van der Waals surface area contributed by atoms with E-state index in [0.29, 0.717) is 42.1 Å². The highest BCUT2D eigenvalue weighted by Crippen LogP contribution is 2.43. The molecule has 1 N–H and O–H groups in total. The van der Waals surface area contributed by atoms with Crippen LogP contribution < -0.4 is 9.47 Å². The quantitative estimate of drug-likeness (QED) is 0.418. The second-order valence-electron chi connectivity index (χ2n) is 7.76. The molecule has 0 bridgehead atoms. The Bertz CT molecular complexity index is 1220. The summed E-state index contributed by atoms with van der Waals surface area (Å²) in [7, 11) is 3.06. The van der Waals surface area contributed by atoms with Gasteiger partial charge in [-0.2, -0.15) is 0 Å². The van der Waals surface area contributed by atoms with Crippen LogP contribution in [0.1, 0.15) is 28.4 Å². The van der Waals surface area contributed by atoms with Crippen LogP contribution >= 0.6 is 15.9 Å². The summed E-state index contributed by atoms with van der Waals surface area (Å²) in [5.74, 6) is -0.547. The number of aliphatic hydroxyl groups is 1. The number of Topliss-reactive ketones (excluding diaryl/α,β-unsaturated/α-hetero) is 1. The van der Waals surface area contributed by atoms with Crippen LogP contribution in [0.2, 0.25) is 0 Å². The van der Waals surface area contributed by atoms with Crippen molar-refractivity contribution in [3.8, 4) is 11.5 Å². The maximum atomic E-state index is 13.6. The van der Waals surface area contributed by atoms with E-state index in [-0.39, 0.29) is 5.57 Å². The lowest BCUT2D eigenvalue weighted by molar-refractivity contribution is -0.129. The highest BCUT2D eigenvalue weighted by molar-refractivity contribution is 9.10.